The SMILES string of the molecule is Cc1csc(F)c1NC1N=CCN1. The topological polar surface area (TPSA) is 36.4 Å². The van der Waals surface area contributed by atoms with Crippen LogP contribution in [0.25, 0.3) is 0 Å². The zero-order valence-electron chi connectivity index (χ0n) is 7.17. The molecule has 1 aromatic heterocycles. The highest BCUT2D eigenvalue weighted by Crippen LogP contribution is 2.25. The number of aliphatic imine (C=N–C) groups is 1. The van der Waals surface area contributed by atoms with Gasteiger partial charge < -0.3 is 5.32 Å². The Kier molecular flexibility index (Phi) is 2.28. The predicted octanol–water partition coefficient (Wildman–Crippen LogP) is 1.57. The van der Waals surface area contributed by atoms with Crippen LogP contribution in [-0.4, -0.2) is 19.0 Å². The third-order valence-electron chi connectivity index (χ3n) is 1.87. The van der Waals surface area contributed by atoms with Crippen molar-refractivity contribution < 1.29 is 4.39 Å². The second-order valence-electron chi connectivity index (χ2n) is 2.85. The van der Waals surface area contributed by atoms with Crippen molar-refractivity contribution in [3.63, 3.8) is 0 Å². The smallest absolute Gasteiger partial charge is 0.199 e. The van der Waals surface area contributed by atoms with E-state index in [4.69, 9.17) is 0 Å². The van der Waals surface area contributed by atoms with Crippen molar-refractivity contribution >= 4 is 23.2 Å². The second kappa shape index (κ2) is 3.43. The molecule has 2 heterocycles. The summed E-state index contributed by atoms with van der Waals surface area (Å²) in [4.78, 5) is 4.08. The fraction of sp³-hybridized carbons (Fsp3) is 0.375. The fourth-order valence-corrected chi connectivity index (χ4v) is 1.92. The van der Waals surface area contributed by atoms with Gasteiger partial charge in [-0.1, -0.05) is 0 Å². The van der Waals surface area contributed by atoms with Gasteiger partial charge in [-0.05, 0) is 17.9 Å². The van der Waals surface area contributed by atoms with Gasteiger partial charge in [0.15, 0.2) is 11.4 Å². The number of hydrogen-bond donors (Lipinski definition) is 2. The van der Waals surface area contributed by atoms with E-state index >= 15 is 0 Å². The average Bonchev–Trinajstić information content (AvgIpc) is 2.70. The minimum atomic E-state index is -0.179. The van der Waals surface area contributed by atoms with Gasteiger partial charge in [0, 0.05) is 12.8 Å². The Balaban J connectivity index is 2.12. The molecule has 3 nitrogen and oxygen atoms in total. The zero-order chi connectivity index (χ0) is 9.26. The number of halogens is 1. The minimum absolute atomic E-state index is 0.178. The van der Waals surface area contributed by atoms with E-state index in [0.29, 0.717) is 5.69 Å². The maximum atomic E-state index is 13.1. The normalized spacial score (nSPS) is 20.9. The molecule has 13 heavy (non-hydrogen) atoms. The molecule has 0 aliphatic carbocycles. The summed E-state index contributed by atoms with van der Waals surface area (Å²) < 4.78 is 13.1. The third kappa shape index (κ3) is 1.71. The first kappa shape index (κ1) is 8.65. The van der Waals surface area contributed by atoms with Gasteiger partial charge in [-0.2, -0.15) is 4.39 Å². The number of nitrogens with zero attached hydrogens (tertiary/aromatic N) is 1. The number of aryl methyl sites for hydroxylation is 1. The summed E-state index contributed by atoms with van der Waals surface area (Å²) in [6.45, 7) is 2.61. The lowest BCUT2D eigenvalue weighted by molar-refractivity contribution is 0.636. The van der Waals surface area contributed by atoms with E-state index in [9.17, 15) is 4.39 Å². The van der Waals surface area contributed by atoms with Gasteiger partial charge in [0.05, 0.1) is 5.69 Å². The van der Waals surface area contributed by atoms with Gasteiger partial charge in [-0.15, -0.1) is 11.3 Å². The van der Waals surface area contributed by atoms with Crippen LogP contribution in [0.3, 0.4) is 0 Å². The quantitative estimate of drug-likeness (QED) is 0.758. The fourth-order valence-electron chi connectivity index (χ4n) is 1.18. The van der Waals surface area contributed by atoms with Gasteiger partial charge in [0.1, 0.15) is 0 Å². The molecule has 0 aromatic carbocycles. The molecule has 2 rings (SSSR count). The largest absolute Gasteiger partial charge is 0.348 e. The molecule has 1 aliphatic heterocycles. The molecule has 0 saturated carbocycles. The highest BCUT2D eigenvalue weighted by atomic mass is 32.1. The van der Waals surface area contributed by atoms with Crippen LogP contribution in [0, 0.1) is 12.1 Å². The van der Waals surface area contributed by atoms with E-state index < -0.39 is 0 Å². The second-order valence-corrected chi connectivity index (χ2v) is 3.68. The summed E-state index contributed by atoms with van der Waals surface area (Å²) in [5, 5.41) is 7.65. The molecule has 0 radical (unpaired) electrons. The summed E-state index contributed by atoms with van der Waals surface area (Å²) >= 11 is 1.11. The van der Waals surface area contributed by atoms with Crippen LogP contribution in [0.4, 0.5) is 10.1 Å². The summed E-state index contributed by atoms with van der Waals surface area (Å²) in [6.07, 6.45) is 1.60. The van der Waals surface area contributed by atoms with Crippen molar-refractivity contribution in [1.82, 2.24) is 5.32 Å². The number of nitrogens with one attached hydrogen (secondary N) is 2. The molecular weight excluding hydrogens is 189 g/mol. The molecule has 70 valence electrons. The molecule has 0 spiro atoms. The molecular formula is C8H10FN3S. The van der Waals surface area contributed by atoms with Crippen LogP contribution in [0.1, 0.15) is 5.56 Å². The molecule has 1 unspecified atom stereocenters. The van der Waals surface area contributed by atoms with Gasteiger partial charge in [-0.3, -0.25) is 10.3 Å². The van der Waals surface area contributed by atoms with Crippen molar-refractivity contribution in [3.8, 4) is 0 Å². The van der Waals surface area contributed by atoms with E-state index in [1.54, 1.807) is 11.6 Å². The van der Waals surface area contributed by atoms with Crippen LogP contribution < -0.4 is 10.6 Å². The molecule has 1 aliphatic rings. The third-order valence-corrected chi connectivity index (χ3v) is 2.75. The van der Waals surface area contributed by atoms with E-state index in [0.717, 1.165) is 23.4 Å². The number of hydrogen-bond acceptors (Lipinski definition) is 4. The maximum Gasteiger partial charge on any atom is 0.199 e. The Morgan fingerprint density at radius 1 is 1.77 bits per heavy atom. The lowest BCUT2D eigenvalue weighted by Crippen LogP contribution is -2.30. The molecule has 0 amide bonds. The van der Waals surface area contributed by atoms with E-state index in [1.807, 2.05) is 6.92 Å². The van der Waals surface area contributed by atoms with Crippen molar-refractivity contribution in [2.45, 2.75) is 13.2 Å². The molecule has 2 N–H and O–H groups in total. The van der Waals surface area contributed by atoms with Crippen molar-refractivity contribution in [3.05, 3.63) is 16.1 Å². The number of rotatable bonds is 2. The Morgan fingerprint density at radius 3 is 3.15 bits per heavy atom. The van der Waals surface area contributed by atoms with Gasteiger partial charge in [0.25, 0.3) is 0 Å². The maximum absolute atomic E-state index is 13.1. The first-order valence-corrected chi connectivity index (χ1v) is 4.90. The molecule has 1 atom stereocenters. The number of anilines is 1. The van der Waals surface area contributed by atoms with Gasteiger partial charge >= 0.3 is 0 Å². The summed E-state index contributed by atoms with van der Waals surface area (Å²) in [7, 11) is 0. The van der Waals surface area contributed by atoms with Crippen LogP contribution in [-0.2, 0) is 0 Å². The molecule has 0 bridgehead atoms. The van der Waals surface area contributed by atoms with E-state index in [-0.39, 0.29) is 11.4 Å². The molecule has 1 aromatic rings. The van der Waals surface area contributed by atoms with Crippen molar-refractivity contribution in [1.29, 1.82) is 0 Å². The van der Waals surface area contributed by atoms with Crippen LogP contribution in [0.5, 0.6) is 0 Å². The summed E-state index contributed by atoms with van der Waals surface area (Å²) in [5.74, 6) is 0. The van der Waals surface area contributed by atoms with Gasteiger partial charge in [0.2, 0.25) is 0 Å². The van der Waals surface area contributed by atoms with E-state index in [1.165, 1.54) is 0 Å². The summed E-state index contributed by atoms with van der Waals surface area (Å²) in [5.41, 5.74) is 1.48. The Hall–Kier alpha value is -0.940. The highest BCUT2D eigenvalue weighted by molar-refractivity contribution is 7.08. The first-order valence-electron chi connectivity index (χ1n) is 4.02. The molecule has 0 fully saturated rings. The van der Waals surface area contributed by atoms with Crippen molar-refractivity contribution in [2.75, 3.05) is 11.9 Å². The van der Waals surface area contributed by atoms with Crippen LogP contribution in [0.2, 0.25) is 0 Å². The van der Waals surface area contributed by atoms with E-state index in [2.05, 4.69) is 15.6 Å². The standard InChI is InChI=1S/C8H10FN3S/c1-5-4-13-7(9)6(5)12-8-10-2-3-11-8/h2,4,8,11-12H,3H2,1H3. The Morgan fingerprint density at radius 2 is 2.62 bits per heavy atom. The van der Waals surface area contributed by atoms with Crippen LogP contribution >= 0.6 is 11.3 Å². The zero-order valence-corrected chi connectivity index (χ0v) is 7.99. The van der Waals surface area contributed by atoms with Crippen molar-refractivity contribution in [2.24, 2.45) is 4.99 Å². The number of thiophene rings is 1. The van der Waals surface area contributed by atoms with Gasteiger partial charge in [-0.25, -0.2) is 0 Å². The summed E-state index contributed by atoms with van der Waals surface area (Å²) in [6, 6.07) is 0. The molecule has 5 heteroatoms. The monoisotopic (exact) mass is 199 g/mol. The highest BCUT2D eigenvalue weighted by Gasteiger charge is 2.14. The van der Waals surface area contributed by atoms with Crippen LogP contribution in [0.15, 0.2) is 10.4 Å². The predicted molar refractivity (Wildman–Crippen MR) is 52.9 cm³/mol. The Labute approximate surface area is 79.7 Å². The first-order chi connectivity index (χ1) is 6.27. The average molecular weight is 199 g/mol. The molecule has 0 saturated heterocycles. The lowest BCUT2D eigenvalue weighted by atomic mass is 10.3. The Bertz CT molecular complexity index is 315. The minimum Gasteiger partial charge on any atom is -0.348 e. The lowest BCUT2D eigenvalue weighted by Gasteiger charge is -2.11.